The molecule has 0 heterocycles. The monoisotopic (exact) mass is 212 g/mol. The van der Waals surface area contributed by atoms with Gasteiger partial charge in [0.2, 0.25) is 0 Å². The van der Waals surface area contributed by atoms with Crippen LogP contribution in [0, 0.1) is 17.7 Å². The minimum Gasteiger partial charge on any atom is -0.0842 e. The van der Waals surface area contributed by atoms with Gasteiger partial charge in [-0.3, -0.25) is 0 Å². The van der Waals surface area contributed by atoms with Crippen molar-refractivity contribution in [3.8, 4) is 0 Å². The van der Waals surface area contributed by atoms with Crippen LogP contribution in [-0.4, -0.2) is 0 Å². The molecule has 3 rings (SSSR count). The van der Waals surface area contributed by atoms with Crippen LogP contribution in [0.1, 0.15) is 55.3 Å². The smallest absolute Gasteiger partial charge is 0.0359 e. The molecule has 0 aromatic rings. The number of hydrogen-bond donors (Lipinski definition) is 0. The molecule has 3 aliphatic rings. The molecular weight excluding hydrogens is 180 g/mol. The Kier molecular flexibility index (Phi) is 0.762. The highest BCUT2D eigenvalue weighted by atomic mass is 14.4. The fourth-order valence-electron chi connectivity index (χ4n) is 1.81. The number of allylic oxidation sites excluding steroid dienone is 6. The van der Waals surface area contributed by atoms with Crippen molar-refractivity contribution < 1.29 is 16.4 Å². The lowest BCUT2D eigenvalue weighted by Gasteiger charge is -2.39. The van der Waals surface area contributed by atoms with Crippen LogP contribution in [0.25, 0.3) is 0 Å². The maximum atomic E-state index is 8.98. The Morgan fingerprint density at radius 1 is 1.33 bits per heavy atom. The quantitative estimate of drug-likeness (QED) is 0.563. The average Bonchev–Trinajstić information content (AvgIpc) is 2.52. The minimum absolute atomic E-state index is 0.104. The first-order chi connectivity index (χ1) is 11.9. The van der Waals surface area contributed by atoms with Gasteiger partial charge in [0.25, 0.3) is 0 Å². The van der Waals surface area contributed by atoms with Crippen molar-refractivity contribution in [1.29, 1.82) is 0 Å². The largest absolute Gasteiger partial charge is 0.0842 e. The lowest BCUT2D eigenvalue weighted by molar-refractivity contribution is 0.277. The molecule has 0 spiro atoms. The van der Waals surface area contributed by atoms with E-state index < -0.39 is 55.1 Å². The molecule has 0 saturated heterocycles. The van der Waals surface area contributed by atoms with Gasteiger partial charge in [-0.15, -0.1) is 0 Å². The lowest BCUT2D eigenvalue weighted by atomic mass is 9.65. The molecule has 0 bridgehead atoms. The molecule has 0 radical (unpaired) electrons. The van der Waals surface area contributed by atoms with Gasteiger partial charge in [-0.05, 0) is 55.1 Å². The van der Waals surface area contributed by atoms with Crippen molar-refractivity contribution in [3.05, 3.63) is 35.5 Å². The summed E-state index contributed by atoms with van der Waals surface area (Å²) in [4.78, 5) is 0. The number of rotatable bonds is 0. The predicted molar refractivity (Wildman–Crippen MR) is 64.5 cm³/mol. The summed E-state index contributed by atoms with van der Waals surface area (Å²) in [6, 6.07) is 0. The summed E-state index contributed by atoms with van der Waals surface area (Å²) >= 11 is 0. The van der Waals surface area contributed by atoms with Crippen LogP contribution in [0.4, 0.5) is 0 Å². The van der Waals surface area contributed by atoms with Gasteiger partial charge in [-0.25, -0.2) is 0 Å². The van der Waals surface area contributed by atoms with Crippen LogP contribution >= 0.6 is 0 Å². The van der Waals surface area contributed by atoms with Gasteiger partial charge in [0.15, 0.2) is 0 Å². The number of hydrogen-bond acceptors (Lipinski definition) is 0. The maximum absolute atomic E-state index is 8.98. The van der Waals surface area contributed by atoms with E-state index in [0.717, 1.165) is 13.0 Å². The van der Waals surface area contributed by atoms with E-state index in [-0.39, 0.29) is 5.57 Å². The van der Waals surface area contributed by atoms with Crippen molar-refractivity contribution in [1.82, 2.24) is 0 Å². The number of fused-ring (bicyclic) bond motifs is 3. The zero-order chi connectivity index (χ0) is 21.1. The maximum Gasteiger partial charge on any atom is 0.0359 e. The second kappa shape index (κ2) is 3.66. The summed E-state index contributed by atoms with van der Waals surface area (Å²) in [6.07, 6.45) is -8.93. The summed E-state index contributed by atoms with van der Waals surface area (Å²) in [5, 5.41) is 0. The standard InChI is InChI=1S/C15H20/c1-11-6-7-13-9-8-12-4-2-3-5-14(12)15(13)10-11/h2,4,8-9,11,14-15H,3,5-7,10H2,1H3/i3D,5D2,6D2,7D2,10D2,11D,14D,15D. The second-order valence-corrected chi connectivity index (χ2v) is 3.62. The predicted octanol–water partition coefficient (Wildman–Crippen LogP) is 4.26. The van der Waals surface area contributed by atoms with Crippen LogP contribution < -0.4 is 0 Å². The van der Waals surface area contributed by atoms with Crippen LogP contribution in [0.2, 0.25) is 0 Å². The Bertz CT molecular complexity index is 789. The molecule has 3 aliphatic carbocycles. The van der Waals surface area contributed by atoms with Crippen LogP contribution in [0.3, 0.4) is 0 Å². The van der Waals surface area contributed by atoms with E-state index in [9.17, 15) is 0 Å². The van der Waals surface area contributed by atoms with Crippen molar-refractivity contribution in [3.63, 3.8) is 0 Å². The SMILES string of the molecule is [2H]C1C=CC2=CC=C3C([2H])([2H])C([2H])([2H])C([2H])(C)C([2H])([2H])C3([2H])C2([2H])C1([2H])[2H]. The molecule has 0 aliphatic heterocycles. The van der Waals surface area contributed by atoms with Gasteiger partial charge >= 0.3 is 0 Å². The molecule has 1 fully saturated rings. The summed E-state index contributed by atoms with van der Waals surface area (Å²) in [5.41, 5.74) is -0.826. The minimum atomic E-state index is -3.15. The van der Waals surface area contributed by atoms with E-state index in [4.69, 9.17) is 16.4 Å². The van der Waals surface area contributed by atoms with E-state index in [1.807, 2.05) is 0 Å². The highest BCUT2D eigenvalue weighted by molar-refractivity contribution is 5.37. The molecule has 0 heteroatoms. The molecule has 4 atom stereocenters. The zero-order valence-electron chi connectivity index (χ0n) is 20.4. The molecule has 0 N–H and O–H groups in total. The first-order valence-electron chi connectivity index (χ1n) is 11.0. The molecule has 15 heavy (non-hydrogen) atoms. The fraction of sp³-hybridized carbons (Fsp3) is 0.600. The fourth-order valence-corrected chi connectivity index (χ4v) is 1.81. The topological polar surface area (TPSA) is 0 Å². The molecule has 4 unspecified atom stereocenters. The summed E-state index contributed by atoms with van der Waals surface area (Å²) < 4.78 is 101. The highest BCUT2D eigenvalue weighted by Gasteiger charge is 2.33. The van der Waals surface area contributed by atoms with Crippen LogP contribution in [0.15, 0.2) is 35.5 Å². The van der Waals surface area contributed by atoms with E-state index >= 15 is 0 Å². The summed E-state index contributed by atoms with van der Waals surface area (Å²) in [6.45, 7) is 0.839. The molecule has 1 saturated carbocycles. The third kappa shape index (κ3) is 1.60. The van der Waals surface area contributed by atoms with E-state index in [0.29, 0.717) is 0 Å². The van der Waals surface area contributed by atoms with Crippen molar-refractivity contribution >= 4 is 0 Å². The Morgan fingerprint density at radius 3 is 3.20 bits per heavy atom. The van der Waals surface area contributed by atoms with Gasteiger partial charge in [0, 0.05) is 16.4 Å². The van der Waals surface area contributed by atoms with Crippen LogP contribution in [-0.2, 0) is 0 Å². The van der Waals surface area contributed by atoms with Gasteiger partial charge in [-0.2, -0.15) is 0 Å². The molecule has 0 aromatic heterocycles. The van der Waals surface area contributed by atoms with Gasteiger partial charge in [0.05, 0.1) is 0 Å². The summed E-state index contributed by atoms with van der Waals surface area (Å²) in [7, 11) is 0. The Morgan fingerprint density at radius 2 is 2.27 bits per heavy atom. The summed E-state index contributed by atoms with van der Waals surface area (Å²) in [5.74, 6) is -8.53. The van der Waals surface area contributed by atoms with Gasteiger partial charge < -0.3 is 0 Å². The highest BCUT2D eigenvalue weighted by Crippen LogP contribution is 2.45. The van der Waals surface area contributed by atoms with Gasteiger partial charge in [-0.1, -0.05) is 36.8 Å². The Labute approximate surface area is 110 Å². The zero-order valence-corrected chi connectivity index (χ0v) is 8.39. The van der Waals surface area contributed by atoms with E-state index in [1.165, 1.54) is 18.2 Å². The van der Waals surface area contributed by atoms with Crippen molar-refractivity contribution in [2.45, 2.75) is 38.8 Å². The molecule has 0 amide bonds. The molecule has 0 nitrogen and oxygen atoms in total. The van der Waals surface area contributed by atoms with E-state index in [1.54, 1.807) is 0 Å². The van der Waals surface area contributed by atoms with Gasteiger partial charge in [0.1, 0.15) is 0 Å². The molecule has 0 aromatic carbocycles. The first kappa shape index (κ1) is 3.12. The average molecular weight is 212 g/mol. The molecular formula is C15H20. The third-order valence-corrected chi connectivity index (χ3v) is 2.53. The second-order valence-electron chi connectivity index (χ2n) is 3.62. The van der Waals surface area contributed by atoms with E-state index in [2.05, 4.69) is 0 Å². The lowest BCUT2D eigenvalue weighted by Crippen LogP contribution is -2.27. The van der Waals surface area contributed by atoms with Crippen molar-refractivity contribution in [2.75, 3.05) is 0 Å². The Hall–Kier alpha value is -0.780. The first-order valence-corrected chi connectivity index (χ1v) is 4.90. The third-order valence-electron chi connectivity index (χ3n) is 2.53. The Balaban J connectivity index is 2.49. The van der Waals surface area contributed by atoms with Crippen molar-refractivity contribution in [2.24, 2.45) is 17.7 Å². The normalized spacial score (nSPS) is 83.7. The molecule has 80 valence electrons. The van der Waals surface area contributed by atoms with Crippen LogP contribution in [0.5, 0.6) is 0 Å².